The first-order valence-electron chi connectivity index (χ1n) is 16.4. The number of carbonyl (C=O) groups is 2. The van der Waals surface area contributed by atoms with Crippen LogP contribution in [0.3, 0.4) is 0 Å². The van der Waals surface area contributed by atoms with Gasteiger partial charge in [-0.15, -0.1) is 0 Å². The molecule has 4 saturated carbocycles. The van der Waals surface area contributed by atoms with Gasteiger partial charge in [-0.1, -0.05) is 49.6 Å². The zero-order valence-electron chi connectivity index (χ0n) is 28.5. The average Bonchev–Trinajstić information content (AvgIpc) is 3.77. The number of rotatable bonds is 11. The summed E-state index contributed by atoms with van der Waals surface area (Å²) >= 11 is 11.7. The number of halogens is 2. The van der Waals surface area contributed by atoms with Gasteiger partial charge < -0.3 is 21.7 Å². The van der Waals surface area contributed by atoms with E-state index in [0.717, 1.165) is 44.8 Å². The van der Waals surface area contributed by atoms with E-state index in [1.54, 1.807) is 48.5 Å². The van der Waals surface area contributed by atoms with Gasteiger partial charge in [0.15, 0.2) is 0 Å². The Morgan fingerprint density at radius 2 is 1.16 bits per heavy atom. The SMILES string of the molecule is C.CCC(NC(=O)c1ccc(Cl)cc1)C1[C@H]2CC(N=[N+]=[N-])C[C@@H]12.CCC(NC(=O)c1ccc(Cl)cc1)C1[C@H]2CC(OS(C)(=O)=O)C[C@@H]12.[N-]=[N+]=[N-].[Na+]. The number of fused-ring (bicyclic) bond motifs is 2. The maximum Gasteiger partial charge on any atom is 1.00 e. The van der Waals surface area contributed by atoms with Crippen molar-refractivity contribution in [3.8, 4) is 0 Å². The molecular weight excluding hydrogens is 726 g/mol. The summed E-state index contributed by atoms with van der Waals surface area (Å²) in [6.45, 7) is 4.16. The Morgan fingerprint density at radius 3 is 1.47 bits per heavy atom. The van der Waals surface area contributed by atoms with Crippen molar-refractivity contribution < 1.29 is 51.7 Å². The third-order valence-electron chi connectivity index (χ3n) is 10.1. The summed E-state index contributed by atoms with van der Waals surface area (Å²) in [5.41, 5.74) is 23.2. The van der Waals surface area contributed by atoms with Crippen LogP contribution in [0.1, 0.15) is 80.5 Å². The van der Waals surface area contributed by atoms with Gasteiger partial charge in [0.2, 0.25) is 0 Å². The normalized spacial score (nSPS) is 27.2. The summed E-state index contributed by atoms with van der Waals surface area (Å²) in [7, 11) is -3.39. The summed E-state index contributed by atoms with van der Waals surface area (Å²) < 4.78 is 27.5. The Balaban J connectivity index is 0.000000318. The molecular formula is C34H45Cl2N8NaO5S. The average molecular weight is 772 g/mol. The molecule has 10 atom stereocenters. The van der Waals surface area contributed by atoms with E-state index in [9.17, 15) is 18.0 Å². The van der Waals surface area contributed by atoms with Gasteiger partial charge in [0.1, 0.15) is 0 Å². The second-order valence-corrected chi connectivity index (χ2v) is 15.6. The Kier molecular flexibility index (Phi) is 17.6. The molecule has 2 aromatic rings. The minimum absolute atomic E-state index is 0. The second-order valence-electron chi connectivity index (χ2n) is 13.1. The zero-order valence-corrected chi connectivity index (χ0v) is 32.9. The van der Waals surface area contributed by atoms with Crippen molar-refractivity contribution in [2.45, 2.75) is 84.0 Å². The molecule has 0 radical (unpaired) electrons. The van der Waals surface area contributed by atoms with Gasteiger partial charge in [-0.2, -0.15) is 8.42 Å². The minimum Gasteiger partial charge on any atom is -0.373 e. The van der Waals surface area contributed by atoms with Crippen molar-refractivity contribution in [1.82, 2.24) is 10.6 Å². The number of benzene rings is 2. The van der Waals surface area contributed by atoms with Crippen LogP contribution in [-0.4, -0.2) is 50.7 Å². The van der Waals surface area contributed by atoms with E-state index in [0.29, 0.717) is 56.7 Å². The van der Waals surface area contributed by atoms with E-state index >= 15 is 0 Å². The van der Waals surface area contributed by atoms with Crippen molar-refractivity contribution in [2.24, 2.45) is 40.6 Å². The predicted molar refractivity (Wildman–Crippen MR) is 195 cm³/mol. The fourth-order valence-electron chi connectivity index (χ4n) is 8.04. The molecule has 17 heteroatoms. The van der Waals surface area contributed by atoms with Crippen LogP contribution in [0.4, 0.5) is 0 Å². The molecule has 0 aromatic heterocycles. The van der Waals surface area contributed by atoms with Crippen LogP contribution >= 0.6 is 23.2 Å². The Labute approximate surface area is 332 Å². The van der Waals surface area contributed by atoms with Gasteiger partial charge in [-0.25, -0.2) is 0 Å². The molecule has 6 unspecified atom stereocenters. The number of hydrogen-bond donors (Lipinski definition) is 2. The van der Waals surface area contributed by atoms with Gasteiger partial charge in [0, 0.05) is 44.2 Å². The van der Waals surface area contributed by atoms with E-state index in [-0.39, 0.29) is 73.0 Å². The van der Waals surface area contributed by atoms with Crippen LogP contribution in [0.5, 0.6) is 0 Å². The van der Waals surface area contributed by atoms with Crippen LogP contribution in [0.2, 0.25) is 10.0 Å². The van der Waals surface area contributed by atoms with Crippen LogP contribution in [0.25, 0.3) is 26.4 Å². The molecule has 51 heavy (non-hydrogen) atoms. The molecule has 0 bridgehead atoms. The first kappa shape index (κ1) is 44.7. The molecule has 0 spiro atoms. The number of nitrogens with zero attached hydrogens (tertiary/aromatic N) is 6. The molecule has 272 valence electrons. The molecule has 0 aliphatic heterocycles. The molecule has 4 fully saturated rings. The summed E-state index contributed by atoms with van der Waals surface area (Å²) in [5.74, 6) is 2.93. The first-order valence-corrected chi connectivity index (χ1v) is 18.9. The molecule has 4 aliphatic carbocycles. The van der Waals surface area contributed by atoms with Crippen molar-refractivity contribution in [3.63, 3.8) is 0 Å². The molecule has 0 heterocycles. The van der Waals surface area contributed by atoms with Crippen molar-refractivity contribution in [3.05, 3.63) is 96.1 Å². The van der Waals surface area contributed by atoms with Gasteiger partial charge in [0.05, 0.1) is 12.4 Å². The molecule has 0 saturated heterocycles. The monoisotopic (exact) mass is 770 g/mol. The minimum atomic E-state index is -3.39. The Bertz CT molecular complexity index is 1650. The number of nitrogens with one attached hydrogen (secondary N) is 2. The fourth-order valence-corrected chi connectivity index (χ4v) is 8.94. The van der Waals surface area contributed by atoms with Gasteiger partial charge >= 0.3 is 29.6 Å². The van der Waals surface area contributed by atoms with Crippen molar-refractivity contribution in [1.29, 1.82) is 0 Å². The van der Waals surface area contributed by atoms with Crippen LogP contribution < -0.4 is 40.2 Å². The van der Waals surface area contributed by atoms with Crippen molar-refractivity contribution in [2.75, 3.05) is 6.26 Å². The van der Waals surface area contributed by atoms with Gasteiger partial charge in [-0.3, -0.25) is 18.7 Å². The largest absolute Gasteiger partial charge is 1.00 e. The topological polar surface area (TPSA) is 209 Å². The smallest absolute Gasteiger partial charge is 0.373 e. The van der Waals surface area contributed by atoms with Gasteiger partial charge in [-0.05, 0) is 128 Å². The van der Waals surface area contributed by atoms with E-state index in [1.807, 2.05) is 0 Å². The standard InChI is InChI=1S/C17H22ClNO4S.C16H19ClN4O.CH4.N3.Na/c1-3-15(19-17(20)10-4-6-11(18)7-5-10)16-13-8-12(9-14(13)16)23-24(2,21)22;1-2-14(15-12-7-11(20-21-18)8-13(12)15)19-16(22)9-3-5-10(17)6-4-9;;1-3-2;/h4-7,12-16H,3,8-9H2,1-2H3,(H,19,20);3-6,11-15H,2,7-8H2,1H3,(H,19,22);1H4;;/q;;;-1;+1/t12?,13-,14+,15?,16?;11?,12-,13+,14?,15?;;;. The fraction of sp³-hybridized carbons (Fsp3) is 0.588. The molecule has 13 nitrogen and oxygen atoms in total. The van der Waals surface area contributed by atoms with Crippen molar-refractivity contribution >= 4 is 45.1 Å². The number of amides is 2. The summed E-state index contributed by atoms with van der Waals surface area (Å²) in [4.78, 5) is 29.1. The van der Waals surface area contributed by atoms with Crippen LogP contribution in [0, 0.1) is 35.5 Å². The third-order valence-corrected chi connectivity index (χ3v) is 11.3. The molecule has 4 aliphatic rings. The van der Waals surface area contributed by atoms with E-state index < -0.39 is 10.1 Å². The summed E-state index contributed by atoms with van der Waals surface area (Å²) in [6, 6.07) is 14.3. The zero-order chi connectivity index (χ0) is 35.9. The predicted octanol–water partition coefficient (Wildman–Crippen LogP) is 5.54. The molecule has 2 amide bonds. The Morgan fingerprint density at radius 1 is 0.804 bits per heavy atom. The second kappa shape index (κ2) is 20.1. The molecule has 6 rings (SSSR count). The quantitative estimate of drug-likeness (QED) is 0.0989. The number of hydrogen-bond acceptors (Lipinski definition) is 6. The Hall–Kier alpha value is -2.51. The maximum atomic E-state index is 12.4. The summed E-state index contributed by atoms with van der Waals surface area (Å²) in [6.07, 6.45) is 6.12. The van der Waals surface area contributed by atoms with Gasteiger partial charge in [0.25, 0.3) is 21.9 Å². The van der Waals surface area contributed by atoms with E-state index in [2.05, 4.69) is 34.5 Å². The number of carbonyl (C=O) groups excluding carboxylic acids is 2. The molecule has 2 aromatic carbocycles. The van der Waals surface area contributed by atoms with Crippen LogP contribution in [-0.2, 0) is 14.3 Å². The number of azide groups is 1. The third kappa shape index (κ3) is 12.3. The summed E-state index contributed by atoms with van der Waals surface area (Å²) in [5, 5.41) is 11.3. The first-order chi connectivity index (χ1) is 23.3. The molecule has 2 N–H and O–H groups in total. The van der Waals surface area contributed by atoms with Crippen LogP contribution in [0.15, 0.2) is 53.6 Å². The van der Waals surface area contributed by atoms with E-state index in [4.69, 9.17) is 44.0 Å². The van der Waals surface area contributed by atoms with E-state index in [1.165, 1.54) is 4.91 Å². The maximum absolute atomic E-state index is 12.4.